The predicted octanol–water partition coefficient (Wildman–Crippen LogP) is 4.79. The number of amides is 1. The Bertz CT molecular complexity index is 967. The zero-order valence-electron chi connectivity index (χ0n) is 16.6. The molecule has 2 heterocycles. The summed E-state index contributed by atoms with van der Waals surface area (Å²) in [7, 11) is 0. The lowest BCUT2D eigenvalue weighted by atomic mass is 9.95. The second kappa shape index (κ2) is 8.91. The predicted molar refractivity (Wildman–Crippen MR) is 117 cm³/mol. The fourth-order valence-corrected chi connectivity index (χ4v) is 4.86. The topological polar surface area (TPSA) is 45.2 Å². The van der Waals surface area contributed by atoms with Crippen molar-refractivity contribution in [1.82, 2.24) is 10.3 Å². The number of carbonyl (C=O) groups excluding carboxylic acids is 1. The molecule has 1 N–H and O–H groups in total. The van der Waals surface area contributed by atoms with Gasteiger partial charge in [-0.2, -0.15) is 0 Å². The molecule has 1 aliphatic heterocycles. The molecule has 2 aromatic carbocycles. The summed E-state index contributed by atoms with van der Waals surface area (Å²) in [6.07, 6.45) is 3.55. The maximum Gasteiger partial charge on any atom is 0.223 e. The molecule has 0 radical (unpaired) electrons. The van der Waals surface area contributed by atoms with Crippen LogP contribution in [0.3, 0.4) is 0 Å². The van der Waals surface area contributed by atoms with Gasteiger partial charge in [0, 0.05) is 25.0 Å². The van der Waals surface area contributed by atoms with E-state index in [1.165, 1.54) is 29.0 Å². The number of hydrogen-bond donors (Lipinski definition) is 1. The minimum absolute atomic E-state index is 0.0530. The molecule has 29 heavy (non-hydrogen) atoms. The van der Waals surface area contributed by atoms with Crippen LogP contribution >= 0.6 is 11.3 Å². The molecule has 4 nitrogen and oxygen atoms in total. The Morgan fingerprint density at radius 3 is 2.76 bits per heavy atom. The normalized spacial score (nSPS) is 16.1. The number of carbonyl (C=O) groups is 1. The van der Waals surface area contributed by atoms with Crippen LogP contribution in [-0.4, -0.2) is 30.0 Å². The fraction of sp³-hybridized carbons (Fsp3) is 0.391. The van der Waals surface area contributed by atoms with Gasteiger partial charge >= 0.3 is 0 Å². The number of nitrogens with zero attached hydrogens (tertiary/aromatic N) is 2. The van der Waals surface area contributed by atoms with Crippen molar-refractivity contribution >= 4 is 32.6 Å². The number of anilines is 1. The molecule has 1 fully saturated rings. The first-order valence-electron chi connectivity index (χ1n) is 10.2. The van der Waals surface area contributed by atoms with Gasteiger partial charge in [-0.15, -0.1) is 0 Å². The smallest absolute Gasteiger partial charge is 0.223 e. The summed E-state index contributed by atoms with van der Waals surface area (Å²) < 4.78 is 14.3. The number of halogens is 1. The Balaban J connectivity index is 1.26. The van der Waals surface area contributed by atoms with E-state index in [0.717, 1.165) is 54.1 Å². The van der Waals surface area contributed by atoms with Crippen molar-refractivity contribution in [1.29, 1.82) is 0 Å². The Morgan fingerprint density at radius 1 is 1.24 bits per heavy atom. The van der Waals surface area contributed by atoms with E-state index in [1.54, 1.807) is 6.07 Å². The van der Waals surface area contributed by atoms with Crippen LogP contribution in [0, 0.1) is 11.7 Å². The van der Waals surface area contributed by atoms with Crippen molar-refractivity contribution in [3.63, 3.8) is 0 Å². The van der Waals surface area contributed by atoms with Gasteiger partial charge in [0.15, 0.2) is 5.13 Å². The third-order valence-electron chi connectivity index (χ3n) is 5.57. The average molecular weight is 412 g/mol. The zero-order chi connectivity index (χ0) is 20.2. The highest BCUT2D eigenvalue weighted by molar-refractivity contribution is 7.22. The lowest BCUT2D eigenvalue weighted by Gasteiger charge is -2.31. The lowest BCUT2D eigenvalue weighted by Crippen LogP contribution is -2.43. The third kappa shape index (κ3) is 4.93. The summed E-state index contributed by atoms with van der Waals surface area (Å²) in [5.74, 6) is -0.0155. The van der Waals surface area contributed by atoms with Crippen LogP contribution in [0.25, 0.3) is 10.2 Å². The van der Waals surface area contributed by atoms with Gasteiger partial charge in [0.1, 0.15) is 5.82 Å². The molecule has 3 aromatic rings. The summed E-state index contributed by atoms with van der Waals surface area (Å²) in [5.41, 5.74) is 2.14. The average Bonchev–Trinajstić information content (AvgIpc) is 3.16. The van der Waals surface area contributed by atoms with Crippen LogP contribution in [0.4, 0.5) is 9.52 Å². The Kier molecular flexibility index (Phi) is 6.09. The minimum Gasteiger partial charge on any atom is -0.353 e. The number of piperidine rings is 1. The summed E-state index contributed by atoms with van der Waals surface area (Å²) >= 11 is 1.52. The first-order valence-corrected chi connectivity index (χ1v) is 11.1. The van der Waals surface area contributed by atoms with E-state index in [9.17, 15) is 9.18 Å². The fourth-order valence-electron chi connectivity index (χ4n) is 3.82. The van der Waals surface area contributed by atoms with E-state index in [-0.39, 0.29) is 23.7 Å². The molecule has 0 bridgehead atoms. The number of hydrogen-bond acceptors (Lipinski definition) is 4. The summed E-state index contributed by atoms with van der Waals surface area (Å²) in [6, 6.07) is 15.2. The zero-order valence-corrected chi connectivity index (χ0v) is 17.4. The van der Waals surface area contributed by atoms with Crippen molar-refractivity contribution < 1.29 is 9.18 Å². The van der Waals surface area contributed by atoms with E-state index in [2.05, 4.69) is 34.3 Å². The van der Waals surface area contributed by atoms with Gasteiger partial charge in [-0.3, -0.25) is 4.79 Å². The molecule has 0 spiro atoms. The van der Waals surface area contributed by atoms with E-state index in [1.807, 2.05) is 18.2 Å². The van der Waals surface area contributed by atoms with E-state index < -0.39 is 0 Å². The number of aryl methyl sites for hydroxylation is 1. The molecule has 1 aliphatic rings. The lowest BCUT2D eigenvalue weighted by molar-refractivity contribution is -0.126. The number of benzene rings is 2. The van der Waals surface area contributed by atoms with Gasteiger partial charge in [0.2, 0.25) is 5.91 Å². The van der Waals surface area contributed by atoms with Gasteiger partial charge in [-0.25, -0.2) is 9.37 Å². The molecule has 1 unspecified atom stereocenters. The SMILES string of the molecule is CC(CCc1ccccc1)NC(=O)C1CCN(c2nc3ccc(F)cc3s2)CC1. The van der Waals surface area contributed by atoms with Crippen molar-refractivity contribution in [3.05, 3.63) is 59.9 Å². The summed E-state index contributed by atoms with van der Waals surface area (Å²) in [4.78, 5) is 19.5. The van der Waals surface area contributed by atoms with Gasteiger partial charge in [0.05, 0.1) is 10.2 Å². The number of rotatable bonds is 6. The van der Waals surface area contributed by atoms with Crippen LogP contribution in [0.15, 0.2) is 48.5 Å². The molecule has 6 heteroatoms. The molecule has 0 aliphatic carbocycles. The first kappa shape index (κ1) is 19.8. The van der Waals surface area contributed by atoms with Crippen LogP contribution in [-0.2, 0) is 11.2 Å². The molecule has 152 valence electrons. The highest BCUT2D eigenvalue weighted by Gasteiger charge is 2.27. The molecule has 4 rings (SSSR count). The highest BCUT2D eigenvalue weighted by Crippen LogP contribution is 2.32. The largest absolute Gasteiger partial charge is 0.353 e. The van der Waals surface area contributed by atoms with Crippen molar-refractivity contribution in [2.24, 2.45) is 5.92 Å². The minimum atomic E-state index is -0.232. The van der Waals surface area contributed by atoms with Crippen molar-refractivity contribution in [3.8, 4) is 0 Å². The standard InChI is InChI=1S/C23H26FN3OS/c1-16(7-8-17-5-3-2-4-6-17)25-22(28)18-11-13-27(14-12-18)23-26-20-10-9-19(24)15-21(20)29-23/h2-6,9-10,15-16,18H,7-8,11-14H2,1H3,(H,25,28). The number of fused-ring (bicyclic) bond motifs is 1. The third-order valence-corrected chi connectivity index (χ3v) is 6.65. The van der Waals surface area contributed by atoms with Crippen molar-refractivity contribution in [2.75, 3.05) is 18.0 Å². The number of nitrogens with one attached hydrogen (secondary N) is 1. The highest BCUT2D eigenvalue weighted by atomic mass is 32.1. The van der Waals surface area contributed by atoms with E-state index in [4.69, 9.17) is 0 Å². The first-order chi connectivity index (χ1) is 14.1. The van der Waals surface area contributed by atoms with Gasteiger partial charge in [0.25, 0.3) is 0 Å². The Labute approximate surface area is 174 Å². The summed E-state index contributed by atoms with van der Waals surface area (Å²) in [6.45, 7) is 3.69. The molecular weight excluding hydrogens is 385 g/mol. The number of aromatic nitrogens is 1. The molecule has 1 saturated heterocycles. The Hall–Kier alpha value is -2.47. The summed E-state index contributed by atoms with van der Waals surface area (Å²) in [5, 5.41) is 4.11. The van der Waals surface area contributed by atoms with Crippen molar-refractivity contribution in [2.45, 2.75) is 38.6 Å². The second-order valence-electron chi connectivity index (χ2n) is 7.80. The molecule has 0 saturated carbocycles. The van der Waals surface area contributed by atoms with Gasteiger partial charge in [-0.1, -0.05) is 41.7 Å². The molecule has 1 aromatic heterocycles. The van der Waals surface area contributed by atoms with Gasteiger partial charge < -0.3 is 10.2 Å². The van der Waals surface area contributed by atoms with Crippen LogP contribution in [0.1, 0.15) is 31.7 Å². The van der Waals surface area contributed by atoms with E-state index >= 15 is 0 Å². The molecular formula is C23H26FN3OS. The quantitative estimate of drug-likeness (QED) is 0.634. The monoisotopic (exact) mass is 411 g/mol. The molecule has 1 amide bonds. The second-order valence-corrected chi connectivity index (χ2v) is 8.81. The van der Waals surface area contributed by atoms with Crippen LogP contribution < -0.4 is 10.2 Å². The maximum absolute atomic E-state index is 13.4. The maximum atomic E-state index is 13.4. The van der Waals surface area contributed by atoms with Crippen LogP contribution in [0.2, 0.25) is 0 Å². The van der Waals surface area contributed by atoms with E-state index in [0.29, 0.717) is 0 Å². The molecule has 1 atom stereocenters. The Morgan fingerprint density at radius 2 is 2.00 bits per heavy atom. The van der Waals surface area contributed by atoms with Gasteiger partial charge in [-0.05, 0) is 56.4 Å². The number of thiazole rings is 1. The van der Waals surface area contributed by atoms with Crippen LogP contribution in [0.5, 0.6) is 0 Å².